The van der Waals surface area contributed by atoms with Gasteiger partial charge in [0.05, 0.1) is 24.3 Å². The molecule has 2 aliphatic rings. The highest BCUT2D eigenvalue weighted by atomic mass is 32.2. The van der Waals surface area contributed by atoms with Gasteiger partial charge in [-0.25, -0.2) is 9.79 Å². The Labute approximate surface area is 205 Å². The molecule has 0 amide bonds. The normalized spacial score (nSPS) is 19.3. The van der Waals surface area contributed by atoms with E-state index >= 15 is 0 Å². The van der Waals surface area contributed by atoms with Gasteiger partial charge in [-0.05, 0) is 75.6 Å². The predicted molar refractivity (Wildman–Crippen MR) is 138 cm³/mol. The van der Waals surface area contributed by atoms with E-state index in [-0.39, 0.29) is 17.9 Å². The molecule has 1 aliphatic heterocycles. The van der Waals surface area contributed by atoms with E-state index in [1.807, 2.05) is 30.3 Å². The van der Waals surface area contributed by atoms with Crippen LogP contribution in [0.2, 0.25) is 0 Å². The number of aliphatic hydroxyl groups excluding tert-OH is 1. The zero-order chi connectivity index (χ0) is 24.2. The summed E-state index contributed by atoms with van der Waals surface area (Å²) in [6.45, 7) is 6.24. The number of carbonyl (C=O) groups excluding carboxylic acids is 1. The SMILES string of the molecule is CCOC(=O)C1=C(O)/C(=C/c2cc(C)n(C3CCCCC3)c2C)SC1=Nc1ccc(OC)cc1. The smallest absolute Gasteiger partial charge is 0.344 e. The van der Waals surface area contributed by atoms with Gasteiger partial charge in [0.2, 0.25) is 0 Å². The van der Waals surface area contributed by atoms with Crippen molar-refractivity contribution in [2.45, 2.75) is 58.9 Å². The molecule has 2 heterocycles. The van der Waals surface area contributed by atoms with Crippen LogP contribution in [0.25, 0.3) is 6.08 Å². The lowest BCUT2D eigenvalue weighted by atomic mass is 9.95. The van der Waals surface area contributed by atoms with Crippen LogP contribution in [0.1, 0.15) is 62.0 Å². The molecule has 2 aromatic rings. The largest absolute Gasteiger partial charge is 0.506 e. The number of rotatable bonds is 6. The van der Waals surface area contributed by atoms with Crippen LogP contribution in [-0.2, 0) is 9.53 Å². The molecular weight excluding hydrogens is 448 g/mol. The molecule has 34 heavy (non-hydrogen) atoms. The van der Waals surface area contributed by atoms with Crippen LogP contribution < -0.4 is 4.74 Å². The Morgan fingerprint density at radius 2 is 1.91 bits per heavy atom. The minimum Gasteiger partial charge on any atom is -0.506 e. The third-order valence-corrected chi connectivity index (χ3v) is 7.44. The Balaban J connectivity index is 1.71. The zero-order valence-electron chi connectivity index (χ0n) is 20.3. The number of thioether (sulfide) groups is 1. The van der Waals surface area contributed by atoms with Crippen LogP contribution in [0.4, 0.5) is 5.69 Å². The average Bonchev–Trinajstić information content (AvgIpc) is 3.29. The highest BCUT2D eigenvalue weighted by molar-refractivity contribution is 8.18. The number of hydrogen-bond donors (Lipinski definition) is 1. The average molecular weight is 481 g/mol. The van der Waals surface area contributed by atoms with E-state index in [1.54, 1.807) is 14.0 Å². The van der Waals surface area contributed by atoms with E-state index in [0.717, 1.165) is 11.3 Å². The standard InChI is InChI=1S/C27H32N2O4S/c1-5-33-27(31)24-25(30)23(34-26(24)28-20-11-13-22(32-4)14-12-20)16-19-15-17(2)29(18(19)3)21-9-7-6-8-10-21/h11-16,21,30H,5-10H2,1-4H3/b23-16-,28-26?. The molecule has 1 aromatic carbocycles. The summed E-state index contributed by atoms with van der Waals surface area (Å²) in [6, 6.07) is 9.93. The maximum absolute atomic E-state index is 12.7. The Morgan fingerprint density at radius 1 is 1.21 bits per heavy atom. The van der Waals surface area contributed by atoms with Crippen LogP contribution >= 0.6 is 11.8 Å². The number of aliphatic hydroxyl groups is 1. The van der Waals surface area contributed by atoms with Crippen LogP contribution in [0.5, 0.6) is 5.75 Å². The number of benzene rings is 1. The number of nitrogens with zero attached hydrogens (tertiary/aromatic N) is 2. The molecule has 1 N–H and O–H groups in total. The molecule has 1 saturated carbocycles. The van der Waals surface area contributed by atoms with Crippen molar-refractivity contribution in [3.05, 3.63) is 63.5 Å². The molecule has 0 atom stereocenters. The first-order valence-electron chi connectivity index (χ1n) is 11.8. The van der Waals surface area contributed by atoms with E-state index in [2.05, 4.69) is 29.5 Å². The summed E-state index contributed by atoms with van der Waals surface area (Å²) in [4.78, 5) is 17.9. The molecule has 4 rings (SSSR count). The summed E-state index contributed by atoms with van der Waals surface area (Å²) in [5.41, 5.74) is 4.22. The number of carbonyl (C=O) groups is 1. The van der Waals surface area contributed by atoms with Crippen molar-refractivity contribution < 1.29 is 19.4 Å². The number of aryl methyl sites for hydroxylation is 1. The van der Waals surface area contributed by atoms with Crippen molar-refractivity contribution in [1.82, 2.24) is 4.57 Å². The van der Waals surface area contributed by atoms with Gasteiger partial charge in [-0.1, -0.05) is 31.0 Å². The molecule has 0 spiro atoms. The molecule has 0 saturated heterocycles. The topological polar surface area (TPSA) is 73.0 Å². The molecule has 1 fully saturated rings. The molecule has 0 bridgehead atoms. The van der Waals surface area contributed by atoms with Gasteiger partial charge in [-0.3, -0.25) is 0 Å². The van der Waals surface area contributed by atoms with E-state index in [9.17, 15) is 9.90 Å². The van der Waals surface area contributed by atoms with Gasteiger partial charge < -0.3 is 19.1 Å². The van der Waals surface area contributed by atoms with E-state index in [4.69, 9.17) is 9.47 Å². The fraction of sp³-hybridized carbons (Fsp3) is 0.407. The maximum Gasteiger partial charge on any atom is 0.344 e. The van der Waals surface area contributed by atoms with E-state index in [0.29, 0.717) is 21.7 Å². The number of ether oxygens (including phenoxy) is 2. The van der Waals surface area contributed by atoms with Gasteiger partial charge in [0, 0.05) is 17.4 Å². The minimum atomic E-state index is -0.573. The second-order valence-electron chi connectivity index (χ2n) is 8.66. The molecule has 0 radical (unpaired) electrons. The molecule has 180 valence electrons. The van der Waals surface area contributed by atoms with Gasteiger partial charge in [-0.15, -0.1) is 0 Å². The van der Waals surface area contributed by atoms with Gasteiger partial charge in [0.15, 0.2) is 0 Å². The molecular formula is C27H32N2O4S. The third kappa shape index (κ3) is 4.94. The Bertz CT molecular complexity index is 1150. The number of hydrogen-bond acceptors (Lipinski definition) is 6. The third-order valence-electron chi connectivity index (χ3n) is 6.42. The van der Waals surface area contributed by atoms with Crippen molar-refractivity contribution in [2.75, 3.05) is 13.7 Å². The summed E-state index contributed by atoms with van der Waals surface area (Å²) < 4.78 is 12.9. The molecule has 1 aliphatic carbocycles. The molecule has 1 aromatic heterocycles. The first-order valence-corrected chi connectivity index (χ1v) is 12.7. The van der Waals surface area contributed by atoms with Gasteiger partial charge in [0.1, 0.15) is 22.1 Å². The van der Waals surface area contributed by atoms with Crippen molar-refractivity contribution in [1.29, 1.82) is 0 Å². The second kappa shape index (κ2) is 10.6. The summed E-state index contributed by atoms with van der Waals surface area (Å²) in [5, 5.41) is 11.5. The van der Waals surface area contributed by atoms with Crippen LogP contribution in [0.15, 0.2) is 51.6 Å². The lowest BCUT2D eigenvalue weighted by Crippen LogP contribution is -2.15. The second-order valence-corrected chi connectivity index (χ2v) is 9.69. The number of esters is 1. The predicted octanol–water partition coefficient (Wildman–Crippen LogP) is 6.81. The van der Waals surface area contributed by atoms with Gasteiger partial charge in [-0.2, -0.15) is 0 Å². The van der Waals surface area contributed by atoms with Gasteiger partial charge in [0.25, 0.3) is 0 Å². The first kappa shape index (κ1) is 24.2. The fourth-order valence-electron chi connectivity index (χ4n) is 4.76. The number of methoxy groups -OCH3 is 1. The van der Waals surface area contributed by atoms with Crippen molar-refractivity contribution in [3.8, 4) is 5.75 Å². The fourth-order valence-corrected chi connectivity index (χ4v) is 5.78. The Kier molecular flexibility index (Phi) is 7.51. The Hall–Kier alpha value is -2.93. The highest BCUT2D eigenvalue weighted by Gasteiger charge is 2.33. The quantitative estimate of drug-likeness (QED) is 0.460. The maximum atomic E-state index is 12.7. The van der Waals surface area contributed by atoms with Crippen LogP contribution in [-0.4, -0.2) is 34.4 Å². The van der Waals surface area contributed by atoms with Crippen molar-refractivity contribution >= 4 is 34.5 Å². The number of aromatic nitrogens is 1. The van der Waals surface area contributed by atoms with E-state index < -0.39 is 5.97 Å². The summed E-state index contributed by atoms with van der Waals surface area (Å²) in [7, 11) is 1.61. The highest BCUT2D eigenvalue weighted by Crippen LogP contribution is 2.41. The van der Waals surface area contributed by atoms with Gasteiger partial charge >= 0.3 is 5.97 Å². The summed E-state index contributed by atoms with van der Waals surface area (Å²) >= 11 is 1.29. The van der Waals surface area contributed by atoms with Crippen LogP contribution in [0.3, 0.4) is 0 Å². The summed E-state index contributed by atoms with van der Waals surface area (Å²) in [6.07, 6.45) is 8.22. The lowest BCUT2D eigenvalue weighted by Gasteiger charge is -2.26. The number of aliphatic imine (C=N–C) groups is 1. The molecule has 6 nitrogen and oxygen atoms in total. The Morgan fingerprint density at radius 3 is 2.56 bits per heavy atom. The zero-order valence-corrected chi connectivity index (χ0v) is 21.1. The van der Waals surface area contributed by atoms with Crippen molar-refractivity contribution in [2.24, 2.45) is 4.99 Å². The first-order chi connectivity index (χ1) is 16.4. The molecule has 7 heteroatoms. The summed E-state index contributed by atoms with van der Waals surface area (Å²) in [5.74, 6) is 0.0648. The monoisotopic (exact) mass is 480 g/mol. The van der Waals surface area contributed by atoms with Crippen molar-refractivity contribution in [3.63, 3.8) is 0 Å². The molecule has 0 unspecified atom stereocenters. The van der Waals surface area contributed by atoms with E-state index in [1.165, 1.54) is 55.3 Å². The lowest BCUT2D eigenvalue weighted by molar-refractivity contribution is -0.138. The minimum absolute atomic E-state index is 0.0850. The van der Waals surface area contributed by atoms with Crippen LogP contribution in [0, 0.1) is 13.8 Å².